The van der Waals surface area contributed by atoms with Crippen LogP contribution in [0.2, 0.25) is 0 Å². The predicted octanol–water partition coefficient (Wildman–Crippen LogP) is 1.57. The van der Waals surface area contributed by atoms with Gasteiger partial charge in [0.2, 0.25) is 0 Å². The van der Waals surface area contributed by atoms with Gasteiger partial charge >= 0.3 is 0 Å². The third-order valence-corrected chi connectivity index (χ3v) is 2.29. The van der Waals surface area contributed by atoms with Crippen molar-refractivity contribution in [1.82, 2.24) is 5.32 Å². The van der Waals surface area contributed by atoms with Gasteiger partial charge in [-0.3, -0.25) is 0 Å². The highest BCUT2D eigenvalue weighted by Crippen LogP contribution is 2.35. The molecule has 0 unspecified atom stereocenters. The summed E-state index contributed by atoms with van der Waals surface area (Å²) in [5.41, 5.74) is 0. The lowest BCUT2D eigenvalue weighted by Gasteiger charge is -2.04. The molecule has 9 heavy (non-hydrogen) atoms. The van der Waals surface area contributed by atoms with Gasteiger partial charge in [-0.2, -0.15) is 0 Å². The Hall–Kier alpha value is 0.250. The van der Waals surface area contributed by atoms with Crippen LogP contribution in [0.3, 0.4) is 0 Å². The molecule has 1 nitrogen and oxygen atoms in total. The Morgan fingerprint density at radius 1 is 1.11 bits per heavy atom. The summed E-state index contributed by atoms with van der Waals surface area (Å²) in [6, 6.07) is 0.926. The van der Waals surface area contributed by atoms with E-state index in [4.69, 9.17) is 0 Å². The molecule has 0 aromatic rings. The minimum atomic E-state index is 0. The van der Waals surface area contributed by atoms with Gasteiger partial charge in [-0.15, -0.1) is 12.4 Å². The van der Waals surface area contributed by atoms with Crippen LogP contribution in [0.1, 0.15) is 25.7 Å². The maximum absolute atomic E-state index is 3.52. The van der Waals surface area contributed by atoms with Crippen LogP contribution in [0.5, 0.6) is 0 Å². The standard InChI is InChI=1S/C7H13N.ClH/c1-2-7(8-5-1)6-3-4-6;/h6-8H,1-5H2;1H/t7-;/m0./s1. The fourth-order valence-electron chi connectivity index (χ4n) is 1.61. The molecule has 54 valence electrons. The predicted molar refractivity (Wildman–Crippen MR) is 41.0 cm³/mol. The summed E-state index contributed by atoms with van der Waals surface area (Å²) in [5, 5.41) is 3.52. The van der Waals surface area contributed by atoms with Crippen molar-refractivity contribution in [2.75, 3.05) is 6.54 Å². The molecule has 1 saturated carbocycles. The van der Waals surface area contributed by atoms with E-state index in [0.717, 1.165) is 12.0 Å². The molecule has 2 fully saturated rings. The van der Waals surface area contributed by atoms with E-state index in [1.165, 1.54) is 32.2 Å². The van der Waals surface area contributed by atoms with Gasteiger partial charge < -0.3 is 5.32 Å². The average Bonchev–Trinajstić information content (AvgIpc) is 2.49. The highest BCUT2D eigenvalue weighted by molar-refractivity contribution is 5.85. The highest BCUT2D eigenvalue weighted by Gasteiger charge is 2.32. The van der Waals surface area contributed by atoms with Crippen LogP contribution in [0.15, 0.2) is 0 Å². The van der Waals surface area contributed by atoms with Gasteiger partial charge in [0.1, 0.15) is 0 Å². The third-order valence-electron chi connectivity index (χ3n) is 2.29. The molecule has 0 bridgehead atoms. The number of hydrogen-bond donors (Lipinski definition) is 1. The Morgan fingerprint density at radius 3 is 2.33 bits per heavy atom. The summed E-state index contributed by atoms with van der Waals surface area (Å²) >= 11 is 0. The van der Waals surface area contributed by atoms with E-state index in [2.05, 4.69) is 5.32 Å². The Morgan fingerprint density at radius 2 is 1.89 bits per heavy atom. The first-order chi connectivity index (χ1) is 3.97. The number of halogens is 1. The zero-order valence-corrected chi connectivity index (χ0v) is 6.41. The van der Waals surface area contributed by atoms with E-state index in [1.807, 2.05) is 0 Å². The third kappa shape index (κ3) is 1.59. The Kier molecular flexibility index (Phi) is 2.36. The second kappa shape index (κ2) is 2.89. The summed E-state index contributed by atoms with van der Waals surface area (Å²) in [6.07, 6.45) is 5.86. The minimum absolute atomic E-state index is 0. The minimum Gasteiger partial charge on any atom is -0.314 e. The van der Waals surface area contributed by atoms with Gasteiger partial charge in [-0.1, -0.05) is 0 Å². The van der Waals surface area contributed by atoms with Crippen molar-refractivity contribution in [2.24, 2.45) is 5.92 Å². The molecule has 0 aromatic heterocycles. The first-order valence-electron chi connectivity index (χ1n) is 3.70. The van der Waals surface area contributed by atoms with Crippen molar-refractivity contribution in [3.63, 3.8) is 0 Å². The topological polar surface area (TPSA) is 12.0 Å². The van der Waals surface area contributed by atoms with Crippen molar-refractivity contribution in [1.29, 1.82) is 0 Å². The lowest BCUT2D eigenvalue weighted by Crippen LogP contribution is -2.22. The summed E-state index contributed by atoms with van der Waals surface area (Å²) in [4.78, 5) is 0. The highest BCUT2D eigenvalue weighted by atomic mass is 35.5. The van der Waals surface area contributed by atoms with E-state index in [-0.39, 0.29) is 12.4 Å². The molecular formula is C7H14ClN. The fourth-order valence-corrected chi connectivity index (χ4v) is 1.61. The zero-order chi connectivity index (χ0) is 5.40. The lowest BCUT2D eigenvalue weighted by atomic mass is 10.1. The number of rotatable bonds is 1. The van der Waals surface area contributed by atoms with Gasteiger partial charge in [-0.05, 0) is 38.1 Å². The van der Waals surface area contributed by atoms with Gasteiger partial charge in [0, 0.05) is 6.04 Å². The van der Waals surface area contributed by atoms with Crippen molar-refractivity contribution in [3.8, 4) is 0 Å². The molecule has 2 aliphatic rings. The van der Waals surface area contributed by atoms with Gasteiger partial charge in [-0.25, -0.2) is 0 Å². The quantitative estimate of drug-likeness (QED) is 0.594. The van der Waals surface area contributed by atoms with Crippen molar-refractivity contribution < 1.29 is 0 Å². The maximum atomic E-state index is 3.52. The van der Waals surface area contributed by atoms with Crippen molar-refractivity contribution in [2.45, 2.75) is 31.7 Å². The molecule has 0 aromatic carbocycles. The van der Waals surface area contributed by atoms with Crippen LogP contribution >= 0.6 is 12.4 Å². The van der Waals surface area contributed by atoms with Gasteiger partial charge in [0.05, 0.1) is 0 Å². The molecule has 0 amide bonds. The normalized spacial score (nSPS) is 34.0. The van der Waals surface area contributed by atoms with Gasteiger partial charge in [0.25, 0.3) is 0 Å². The van der Waals surface area contributed by atoms with E-state index in [1.54, 1.807) is 0 Å². The van der Waals surface area contributed by atoms with Crippen LogP contribution in [-0.2, 0) is 0 Å². The van der Waals surface area contributed by atoms with Crippen LogP contribution < -0.4 is 5.32 Å². The van der Waals surface area contributed by atoms with Gasteiger partial charge in [0.15, 0.2) is 0 Å². The Labute approximate surface area is 62.6 Å². The fraction of sp³-hybridized carbons (Fsp3) is 1.00. The first kappa shape index (κ1) is 7.36. The molecule has 0 spiro atoms. The second-order valence-corrected chi connectivity index (χ2v) is 3.04. The Bertz CT molecular complexity index is 84.9. The molecule has 1 N–H and O–H groups in total. The van der Waals surface area contributed by atoms with Crippen molar-refractivity contribution in [3.05, 3.63) is 0 Å². The van der Waals surface area contributed by atoms with Crippen LogP contribution in [0, 0.1) is 5.92 Å². The van der Waals surface area contributed by atoms with Crippen LogP contribution in [-0.4, -0.2) is 12.6 Å². The number of nitrogens with one attached hydrogen (secondary N) is 1. The summed E-state index contributed by atoms with van der Waals surface area (Å²) in [6.45, 7) is 1.28. The molecule has 1 heterocycles. The van der Waals surface area contributed by atoms with E-state index >= 15 is 0 Å². The zero-order valence-electron chi connectivity index (χ0n) is 5.60. The lowest BCUT2D eigenvalue weighted by molar-refractivity contribution is 0.539. The maximum Gasteiger partial charge on any atom is 0.00958 e. The summed E-state index contributed by atoms with van der Waals surface area (Å²) in [5.74, 6) is 1.08. The SMILES string of the molecule is C1CN[C@H](C2CC2)C1.Cl. The second-order valence-electron chi connectivity index (χ2n) is 3.04. The monoisotopic (exact) mass is 147 g/mol. The summed E-state index contributed by atoms with van der Waals surface area (Å²) < 4.78 is 0. The molecule has 1 aliphatic carbocycles. The molecule has 1 aliphatic heterocycles. The van der Waals surface area contributed by atoms with Crippen molar-refractivity contribution >= 4 is 12.4 Å². The smallest absolute Gasteiger partial charge is 0.00958 e. The van der Waals surface area contributed by atoms with Crippen LogP contribution in [0.25, 0.3) is 0 Å². The molecule has 1 saturated heterocycles. The van der Waals surface area contributed by atoms with E-state index in [0.29, 0.717) is 0 Å². The molecule has 1 atom stereocenters. The molecular weight excluding hydrogens is 134 g/mol. The molecule has 0 radical (unpaired) electrons. The first-order valence-corrected chi connectivity index (χ1v) is 3.70. The summed E-state index contributed by atoms with van der Waals surface area (Å²) in [7, 11) is 0. The Balaban J connectivity index is 0.000000405. The average molecular weight is 148 g/mol. The number of hydrogen-bond acceptors (Lipinski definition) is 1. The van der Waals surface area contributed by atoms with E-state index in [9.17, 15) is 0 Å². The molecule has 2 heteroatoms. The van der Waals surface area contributed by atoms with E-state index < -0.39 is 0 Å². The largest absolute Gasteiger partial charge is 0.314 e. The molecule has 2 rings (SSSR count). The van der Waals surface area contributed by atoms with Crippen LogP contribution in [0.4, 0.5) is 0 Å².